The largest absolute Gasteiger partial charge is 0.465 e. The van der Waals surface area contributed by atoms with Gasteiger partial charge >= 0.3 is 5.97 Å². The molecule has 0 fully saturated rings. The number of hydrogen-bond donors (Lipinski definition) is 1. The van der Waals surface area contributed by atoms with E-state index in [0.717, 1.165) is 16.8 Å². The highest BCUT2D eigenvalue weighted by molar-refractivity contribution is 6.01. The fraction of sp³-hybridized carbons (Fsp3) is 0.158. The Morgan fingerprint density at radius 3 is 2.36 bits per heavy atom. The first-order chi connectivity index (χ1) is 12.0. The van der Waals surface area contributed by atoms with Crippen molar-refractivity contribution in [1.82, 2.24) is 5.16 Å². The molecule has 0 atom stereocenters. The summed E-state index contributed by atoms with van der Waals surface area (Å²) in [5, 5.41) is 7.03. The van der Waals surface area contributed by atoms with E-state index < -0.39 is 5.97 Å². The molecule has 0 bridgehead atoms. The molecule has 0 unspecified atom stereocenters. The molecule has 0 spiro atoms. The maximum Gasteiger partial charge on any atom is 0.345 e. The fourth-order valence-corrected chi connectivity index (χ4v) is 2.65. The summed E-state index contributed by atoms with van der Waals surface area (Å²) in [6, 6.07) is 11.5. The highest BCUT2D eigenvalue weighted by Crippen LogP contribution is 2.32. The topological polar surface area (TPSA) is 64.4 Å². The van der Waals surface area contributed by atoms with E-state index in [9.17, 15) is 9.18 Å². The summed E-state index contributed by atoms with van der Waals surface area (Å²) in [6.45, 7) is 3.95. The number of rotatable bonds is 4. The lowest BCUT2D eigenvalue weighted by Gasteiger charge is -2.07. The van der Waals surface area contributed by atoms with Crippen molar-refractivity contribution in [2.24, 2.45) is 0 Å². The van der Waals surface area contributed by atoms with Crippen LogP contribution in [0.4, 0.5) is 16.0 Å². The minimum atomic E-state index is -0.590. The first kappa shape index (κ1) is 16.7. The second-order valence-corrected chi connectivity index (χ2v) is 5.74. The van der Waals surface area contributed by atoms with Crippen molar-refractivity contribution < 1.29 is 18.4 Å². The van der Waals surface area contributed by atoms with Crippen molar-refractivity contribution in [3.63, 3.8) is 0 Å². The third kappa shape index (κ3) is 3.52. The number of methoxy groups -OCH3 is 1. The van der Waals surface area contributed by atoms with Gasteiger partial charge in [-0.1, -0.05) is 11.2 Å². The molecular formula is C19H17FN2O3. The molecule has 0 aliphatic heterocycles. The van der Waals surface area contributed by atoms with Gasteiger partial charge in [0.05, 0.1) is 7.11 Å². The van der Waals surface area contributed by atoms with Gasteiger partial charge in [-0.05, 0) is 61.4 Å². The summed E-state index contributed by atoms with van der Waals surface area (Å²) < 4.78 is 23.3. The zero-order valence-corrected chi connectivity index (χ0v) is 14.1. The number of carbonyl (C=O) groups excluding carboxylic acids is 1. The number of ether oxygens (including phenoxy) is 1. The lowest BCUT2D eigenvalue weighted by Crippen LogP contribution is -2.05. The molecule has 0 radical (unpaired) electrons. The van der Waals surface area contributed by atoms with E-state index in [1.165, 1.54) is 31.4 Å². The van der Waals surface area contributed by atoms with Gasteiger partial charge < -0.3 is 14.6 Å². The molecule has 3 rings (SSSR count). The summed E-state index contributed by atoms with van der Waals surface area (Å²) >= 11 is 0. The zero-order chi connectivity index (χ0) is 18.0. The molecular weight excluding hydrogens is 323 g/mol. The number of nitrogens with one attached hydrogen (secondary N) is 1. The van der Waals surface area contributed by atoms with E-state index in [2.05, 4.69) is 10.5 Å². The Labute approximate surface area is 144 Å². The molecule has 0 saturated heterocycles. The van der Waals surface area contributed by atoms with Crippen molar-refractivity contribution in [3.05, 3.63) is 65.0 Å². The second-order valence-electron chi connectivity index (χ2n) is 5.74. The van der Waals surface area contributed by atoms with Gasteiger partial charge in [0.2, 0.25) is 5.88 Å². The average molecular weight is 340 g/mol. The summed E-state index contributed by atoms with van der Waals surface area (Å²) in [5.41, 5.74) is 3.91. The molecule has 128 valence electrons. The highest BCUT2D eigenvalue weighted by atomic mass is 19.1. The summed E-state index contributed by atoms with van der Waals surface area (Å²) in [5.74, 6) is -0.788. The van der Waals surface area contributed by atoms with Gasteiger partial charge in [-0.3, -0.25) is 0 Å². The van der Waals surface area contributed by atoms with Crippen LogP contribution in [0, 0.1) is 19.7 Å². The molecule has 25 heavy (non-hydrogen) atoms. The Bertz CT molecular complexity index is 897. The maximum atomic E-state index is 13.1. The summed E-state index contributed by atoms with van der Waals surface area (Å²) in [4.78, 5) is 12.2. The van der Waals surface area contributed by atoms with E-state index in [-0.39, 0.29) is 17.3 Å². The van der Waals surface area contributed by atoms with Crippen LogP contribution in [0.5, 0.6) is 0 Å². The Hall–Kier alpha value is -3.15. The molecule has 5 nitrogen and oxygen atoms in total. The molecule has 6 heteroatoms. The third-order valence-electron chi connectivity index (χ3n) is 3.68. The number of carbonyl (C=O) groups is 1. The molecule has 1 N–H and O–H groups in total. The number of aromatic nitrogens is 1. The molecule has 3 aromatic rings. The number of benzene rings is 2. The highest BCUT2D eigenvalue weighted by Gasteiger charge is 2.25. The Morgan fingerprint density at radius 2 is 1.76 bits per heavy atom. The van der Waals surface area contributed by atoms with Crippen molar-refractivity contribution in [3.8, 4) is 11.3 Å². The first-order valence-electron chi connectivity index (χ1n) is 7.67. The molecule has 1 heterocycles. The Morgan fingerprint density at radius 1 is 1.12 bits per heavy atom. The average Bonchev–Trinajstić information content (AvgIpc) is 2.97. The summed E-state index contributed by atoms with van der Waals surface area (Å²) in [7, 11) is 1.28. The van der Waals surface area contributed by atoms with E-state index in [1.54, 1.807) is 0 Å². The molecule has 0 aliphatic carbocycles. The molecule has 1 aromatic heterocycles. The first-order valence-corrected chi connectivity index (χ1v) is 7.67. The van der Waals surface area contributed by atoms with Crippen molar-refractivity contribution in [2.75, 3.05) is 12.4 Å². The van der Waals surface area contributed by atoms with E-state index in [0.29, 0.717) is 11.3 Å². The van der Waals surface area contributed by atoms with Crippen molar-refractivity contribution in [1.29, 1.82) is 0 Å². The minimum absolute atomic E-state index is 0.160. The van der Waals surface area contributed by atoms with Gasteiger partial charge in [0.15, 0.2) is 5.56 Å². The van der Waals surface area contributed by atoms with Gasteiger partial charge in [0.25, 0.3) is 0 Å². The number of nitrogens with zero attached hydrogens (tertiary/aromatic N) is 1. The standard InChI is InChI=1S/C19H17FN2O3/c1-11-8-12(2)10-15(9-11)21-18-16(19(23)24-3)17(22-25-18)13-4-6-14(20)7-5-13/h4-10,21H,1-3H3. The number of aryl methyl sites for hydroxylation is 2. The van der Waals surface area contributed by atoms with Gasteiger partial charge in [-0.15, -0.1) is 0 Å². The van der Waals surface area contributed by atoms with Crippen LogP contribution in [0.2, 0.25) is 0 Å². The summed E-state index contributed by atoms with van der Waals surface area (Å²) in [6.07, 6.45) is 0. The number of hydrogen-bond acceptors (Lipinski definition) is 5. The van der Waals surface area contributed by atoms with Gasteiger partial charge in [0.1, 0.15) is 11.5 Å². The number of esters is 1. The van der Waals surface area contributed by atoms with Crippen LogP contribution in [0.1, 0.15) is 21.5 Å². The van der Waals surface area contributed by atoms with Crippen LogP contribution in [-0.2, 0) is 4.74 Å². The van der Waals surface area contributed by atoms with Crippen molar-refractivity contribution in [2.45, 2.75) is 13.8 Å². The van der Waals surface area contributed by atoms with Crippen molar-refractivity contribution >= 4 is 17.5 Å². The quantitative estimate of drug-likeness (QED) is 0.702. The Kier molecular flexibility index (Phi) is 4.52. The second kappa shape index (κ2) is 6.76. The normalized spacial score (nSPS) is 10.6. The lowest BCUT2D eigenvalue weighted by molar-refractivity contribution is 0.0602. The van der Waals surface area contributed by atoms with Crippen LogP contribution < -0.4 is 5.32 Å². The van der Waals surface area contributed by atoms with Crippen LogP contribution >= 0.6 is 0 Å². The smallest absolute Gasteiger partial charge is 0.345 e. The van der Waals surface area contributed by atoms with Crippen LogP contribution in [-0.4, -0.2) is 18.2 Å². The zero-order valence-electron chi connectivity index (χ0n) is 14.1. The maximum absolute atomic E-state index is 13.1. The monoisotopic (exact) mass is 340 g/mol. The van der Waals surface area contributed by atoms with Crippen LogP contribution in [0.25, 0.3) is 11.3 Å². The lowest BCUT2D eigenvalue weighted by atomic mass is 10.1. The predicted octanol–water partition coefficient (Wildman–Crippen LogP) is 4.63. The SMILES string of the molecule is COC(=O)c1c(-c2ccc(F)cc2)noc1Nc1cc(C)cc(C)c1. The third-order valence-corrected chi connectivity index (χ3v) is 3.68. The number of halogens is 1. The molecule has 0 aliphatic rings. The van der Waals surface area contributed by atoms with E-state index in [4.69, 9.17) is 9.26 Å². The Balaban J connectivity index is 2.05. The van der Waals surface area contributed by atoms with E-state index in [1.807, 2.05) is 32.0 Å². The molecule has 0 saturated carbocycles. The predicted molar refractivity (Wildman–Crippen MR) is 92.4 cm³/mol. The van der Waals surface area contributed by atoms with E-state index >= 15 is 0 Å². The van der Waals surface area contributed by atoms with Gasteiger partial charge in [-0.2, -0.15) is 0 Å². The molecule has 0 amide bonds. The van der Waals surface area contributed by atoms with Crippen LogP contribution in [0.3, 0.4) is 0 Å². The van der Waals surface area contributed by atoms with Gasteiger partial charge in [-0.25, -0.2) is 9.18 Å². The number of anilines is 2. The minimum Gasteiger partial charge on any atom is -0.465 e. The van der Waals surface area contributed by atoms with Gasteiger partial charge in [0, 0.05) is 11.3 Å². The molecule has 2 aromatic carbocycles. The fourth-order valence-electron chi connectivity index (χ4n) is 2.65. The van der Waals surface area contributed by atoms with Crippen LogP contribution in [0.15, 0.2) is 47.0 Å².